The van der Waals surface area contributed by atoms with Gasteiger partial charge in [-0.3, -0.25) is 9.59 Å². The van der Waals surface area contributed by atoms with Crippen LogP contribution in [0.5, 0.6) is 0 Å². The molecule has 1 aliphatic rings. The fraction of sp³-hybridized carbons (Fsp3) is 0.317. The molecule has 278 valence electrons. The number of hydrogen-bond donors (Lipinski definition) is 0. The molecule has 53 heavy (non-hydrogen) atoms. The molecular formula is C41H40F5N3O3S. The van der Waals surface area contributed by atoms with Crippen molar-refractivity contribution in [1.82, 2.24) is 14.4 Å². The average Bonchev–Trinajstić information content (AvgIpc) is 3.27. The van der Waals surface area contributed by atoms with Gasteiger partial charge in [0.15, 0.2) is 17.1 Å². The van der Waals surface area contributed by atoms with Crippen LogP contribution in [-0.2, 0) is 34.5 Å². The van der Waals surface area contributed by atoms with Crippen LogP contribution in [0.3, 0.4) is 0 Å². The third kappa shape index (κ3) is 9.17. The van der Waals surface area contributed by atoms with Gasteiger partial charge in [0, 0.05) is 78.2 Å². The van der Waals surface area contributed by atoms with E-state index < -0.39 is 156 Å². The van der Waals surface area contributed by atoms with Crippen molar-refractivity contribution in [1.29, 1.82) is 0 Å². The van der Waals surface area contributed by atoms with Gasteiger partial charge in [-0.05, 0) is 72.2 Å². The summed E-state index contributed by atoms with van der Waals surface area (Å²) in [6, 6.07) is 2.89. The lowest BCUT2D eigenvalue weighted by atomic mass is 10.00. The Morgan fingerprint density at radius 3 is 2.43 bits per heavy atom. The molecule has 6 nitrogen and oxygen atoms in total. The lowest BCUT2D eigenvalue weighted by Crippen LogP contribution is -2.48. The molecular weight excluding hydrogens is 710 g/mol. The molecule has 4 aromatic carbocycles. The summed E-state index contributed by atoms with van der Waals surface area (Å²) in [7, 11) is -3.42. The third-order valence-corrected chi connectivity index (χ3v) is 8.50. The predicted molar refractivity (Wildman–Crippen MR) is 198 cm³/mol. The van der Waals surface area contributed by atoms with E-state index in [-0.39, 0.29) is 38.9 Å². The smallest absolute Gasteiger partial charge is 0.383 e. The zero-order valence-corrected chi connectivity index (χ0v) is 28.2. The van der Waals surface area contributed by atoms with Crippen LogP contribution in [0, 0.1) is 18.6 Å². The van der Waals surface area contributed by atoms with Crippen LogP contribution < -0.4 is 5.43 Å². The second kappa shape index (κ2) is 16.7. The Kier molecular flexibility index (Phi) is 6.36. The summed E-state index contributed by atoms with van der Waals surface area (Å²) in [6.45, 7) is -15.8. The lowest BCUT2D eigenvalue weighted by Gasteiger charge is -2.39. The SMILES string of the molecule is [2H]c1c(C)c([2H])c2c(c1[2H])c(=O)c([2H])c(SC([2H])([2H])c1cccc(F)c1F)n2CC(=O)N(Cc1ccc(-c2ccc(C(F)(F)F)cc2)cc1)C1([2H])C([2H])([2H])C([2H])([2H])N(C([2H])([2H])COC([2H])([2H])[2H])C([2H])([2H])C1([2H])[2H]. The van der Waals surface area contributed by atoms with Gasteiger partial charge >= 0.3 is 6.18 Å². The van der Waals surface area contributed by atoms with E-state index in [0.29, 0.717) is 10.6 Å². The molecule has 1 aromatic heterocycles. The Balaban J connectivity index is 1.63. The second-order valence-corrected chi connectivity index (χ2v) is 12.0. The van der Waals surface area contributed by atoms with E-state index in [9.17, 15) is 29.2 Å². The summed E-state index contributed by atoms with van der Waals surface area (Å²) < 4.78 is 249. The fourth-order valence-electron chi connectivity index (χ4n) is 5.04. The quantitative estimate of drug-likeness (QED) is 0.0940. The molecule has 0 bridgehead atoms. The van der Waals surface area contributed by atoms with E-state index in [0.717, 1.165) is 55.5 Å². The van der Waals surface area contributed by atoms with Crippen molar-refractivity contribution in [2.45, 2.75) is 55.7 Å². The molecule has 0 saturated carbocycles. The minimum Gasteiger partial charge on any atom is -0.383 e. The molecule has 1 saturated heterocycles. The third-order valence-electron chi connectivity index (χ3n) is 7.66. The topological polar surface area (TPSA) is 54.8 Å². The van der Waals surface area contributed by atoms with Crippen molar-refractivity contribution >= 4 is 28.6 Å². The number of carbonyl (C=O) groups is 1. The van der Waals surface area contributed by atoms with Gasteiger partial charge in [-0.2, -0.15) is 13.2 Å². The normalized spacial score (nSPS) is 24.9. The van der Waals surface area contributed by atoms with Crippen LogP contribution in [0.4, 0.5) is 22.0 Å². The average molecular weight is 770 g/mol. The molecule has 1 fully saturated rings. The standard InChI is InChI=1S/C41H40F5N3O3S/c1-27-6-15-34-36(22-27)49(39(23-37(34)50)53-26-31-4-3-5-35(42)40(31)43)25-38(51)48(33-16-18-47(19-17-33)20-21-52-2)24-28-7-9-29(10-8-28)30-11-13-32(14-12-30)41(44,45)46/h3-15,22-23,33H,16-21,24-26H2,1-2H3/i2D3,6D,15D,16D2,17D2,18D2,19D2,20D2,22D,23D,26D2,33D. The Bertz CT molecular complexity index is 3020. The molecule has 0 aliphatic carbocycles. The van der Waals surface area contributed by atoms with Crippen molar-refractivity contribution in [3.8, 4) is 11.1 Å². The largest absolute Gasteiger partial charge is 0.416 e. The van der Waals surface area contributed by atoms with Gasteiger partial charge in [-0.1, -0.05) is 54.6 Å². The zero-order valence-electron chi connectivity index (χ0n) is 47.3. The summed E-state index contributed by atoms with van der Waals surface area (Å²) in [5, 5.41) is -1.89. The summed E-state index contributed by atoms with van der Waals surface area (Å²) >= 11 is -0.207. The van der Waals surface area contributed by atoms with Gasteiger partial charge in [0.2, 0.25) is 5.91 Å². The van der Waals surface area contributed by atoms with E-state index in [4.69, 9.17) is 20.6 Å². The van der Waals surface area contributed by atoms with Crippen LogP contribution in [0.15, 0.2) is 101 Å². The second-order valence-electron chi connectivity index (χ2n) is 11.2. The molecule has 0 unspecified atom stereocenters. The van der Waals surface area contributed by atoms with Crippen molar-refractivity contribution in [3.63, 3.8) is 0 Å². The number of nitrogens with zero attached hydrogens (tertiary/aromatic N) is 3. The lowest BCUT2D eigenvalue weighted by molar-refractivity contribution is -0.137. The Morgan fingerprint density at radius 2 is 1.75 bits per heavy atom. The number of ether oxygens (including phenoxy) is 1. The number of pyridine rings is 1. The fourth-order valence-corrected chi connectivity index (χ4v) is 5.81. The number of rotatable bonds is 12. The number of hydrogen-bond acceptors (Lipinski definition) is 5. The number of methoxy groups -OCH3 is 1. The number of halogens is 5. The minimum atomic E-state index is -4.69. The monoisotopic (exact) mass is 769 g/mol. The number of aromatic nitrogens is 1. The summed E-state index contributed by atoms with van der Waals surface area (Å²) in [4.78, 5) is 28.7. The highest BCUT2D eigenvalue weighted by molar-refractivity contribution is 7.98. The maximum Gasteiger partial charge on any atom is 0.416 e. The molecule has 0 atom stereocenters. The van der Waals surface area contributed by atoms with Crippen LogP contribution in [0.25, 0.3) is 22.0 Å². The predicted octanol–water partition coefficient (Wildman–Crippen LogP) is 8.71. The molecule has 0 radical (unpaired) electrons. The van der Waals surface area contributed by atoms with Crippen LogP contribution in [0.2, 0.25) is 0 Å². The van der Waals surface area contributed by atoms with Gasteiger partial charge in [0.1, 0.15) is 6.54 Å². The number of benzene rings is 4. The Hall–Kier alpha value is -4.52. The molecule has 6 rings (SSSR count). The van der Waals surface area contributed by atoms with Crippen molar-refractivity contribution in [3.05, 3.63) is 135 Å². The molecule has 12 heteroatoms. The maximum atomic E-state index is 15.4. The molecule has 1 aliphatic heterocycles. The maximum absolute atomic E-state index is 15.4. The van der Waals surface area contributed by atoms with E-state index in [1.54, 1.807) is 0 Å². The molecule has 2 heterocycles. The number of piperidine rings is 1. The number of thioether (sulfide) groups is 1. The molecule has 0 spiro atoms. The molecule has 0 N–H and O–H groups in total. The molecule has 1 amide bonds. The van der Waals surface area contributed by atoms with Crippen LogP contribution in [0.1, 0.15) is 62.4 Å². The van der Waals surface area contributed by atoms with Gasteiger partial charge in [0.25, 0.3) is 0 Å². The summed E-state index contributed by atoms with van der Waals surface area (Å²) in [5.41, 5.74) is -7.60. The Labute approximate surface area is 337 Å². The Morgan fingerprint density at radius 1 is 1.06 bits per heavy atom. The highest BCUT2D eigenvalue weighted by Gasteiger charge is 2.31. The van der Waals surface area contributed by atoms with Crippen LogP contribution in [-0.4, -0.2) is 59.4 Å². The van der Waals surface area contributed by atoms with Crippen molar-refractivity contribution in [2.75, 3.05) is 33.1 Å². The van der Waals surface area contributed by atoms with Gasteiger partial charge < -0.3 is 19.1 Å². The first-order valence-electron chi connectivity index (χ1n) is 25.4. The van der Waals surface area contributed by atoms with Gasteiger partial charge in [0.05, 0.1) is 33.7 Å². The summed E-state index contributed by atoms with van der Waals surface area (Å²) in [5.74, 6) is -5.06. The number of carbonyl (C=O) groups excluding carboxylic acids is 1. The first-order valence-corrected chi connectivity index (χ1v) is 16.2. The van der Waals surface area contributed by atoms with E-state index in [2.05, 4.69) is 4.74 Å². The first kappa shape index (κ1) is 20.2. The highest BCUT2D eigenvalue weighted by atomic mass is 32.2. The summed E-state index contributed by atoms with van der Waals surface area (Å²) in [6.07, 6.45) is -13.4. The van der Waals surface area contributed by atoms with Gasteiger partial charge in [-0.15, -0.1) is 11.8 Å². The number of fused-ring (bicyclic) bond motifs is 1. The number of alkyl halides is 3. The highest BCUT2D eigenvalue weighted by Crippen LogP contribution is 2.32. The van der Waals surface area contributed by atoms with E-state index in [1.165, 1.54) is 12.1 Å². The number of amides is 1. The zero-order chi connectivity index (χ0) is 55.4. The first-order chi connectivity index (χ1) is 33.1. The van der Waals surface area contributed by atoms with E-state index in [1.807, 2.05) is 0 Å². The van der Waals surface area contributed by atoms with Crippen LogP contribution >= 0.6 is 11.8 Å². The van der Waals surface area contributed by atoms with E-state index >= 15 is 9.18 Å². The number of likely N-dealkylation sites (tertiary alicyclic amines) is 1. The van der Waals surface area contributed by atoms with Gasteiger partial charge in [-0.25, -0.2) is 8.78 Å². The van der Waals surface area contributed by atoms with Crippen molar-refractivity contribution in [2.24, 2.45) is 0 Å². The molecule has 5 aromatic rings. The van der Waals surface area contributed by atoms with Crippen molar-refractivity contribution < 1.29 is 58.9 Å². The minimum absolute atomic E-state index is 0.0402.